The van der Waals surface area contributed by atoms with Crippen LogP contribution >= 0.6 is 34.8 Å². The summed E-state index contributed by atoms with van der Waals surface area (Å²) in [5, 5.41) is 0. The molecule has 0 aromatic heterocycles. The van der Waals surface area contributed by atoms with Crippen molar-refractivity contribution < 1.29 is 57.2 Å². The Balaban J connectivity index is 4.88. The fraction of sp³-hybridized carbons (Fsp3) is 0.810. The van der Waals surface area contributed by atoms with Crippen LogP contribution in [0.25, 0.3) is 0 Å². The van der Waals surface area contributed by atoms with Crippen LogP contribution in [0.15, 0.2) is 36.5 Å². The molecule has 0 fully saturated rings. The third-order valence-corrected chi connectivity index (χ3v) is 14.2. The highest BCUT2D eigenvalue weighted by molar-refractivity contribution is 6.27. The SMILES string of the molecule is CCCCCCC(CC=CCCCCCCCOC(=O)CC(CC(=O)OCCCCCCCC=CCC(CCCCCC)OC(=O)CCl)C(=O)OCCCCCCCC=CCC(CCCCCC)OC(=O)CCl)OC(=O)CCl. The second-order valence-electron chi connectivity index (χ2n) is 20.8. The van der Waals surface area contributed by atoms with Crippen LogP contribution in [0, 0.1) is 5.92 Å². The summed E-state index contributed by atoms with van der Waals surface area (Å²) in [6, 6.07) is 0. The predicted molar refractivity (Wildman–Crippen MR) is 318 cm³/mol. The van der Waals surface area contributed by atoms with Crippen LogP contribution in [-0.2, 0) is 57.2 Å². The lowest BCUT2D eigenvalue weighted by Gasteiger charge is -2.15. The van der Waals surface area contributed by atoms with E-state index < -0.39 is 23.8 Å². The van der Waals surface area contributed by atoms with Crippen LogP contribution in [0.5, 0.6) is 0 Å². The number of rotatable bonds is 56. The van der Waals surface area contributed by atoms with Crippen LogP contribution in [0.3, 0.4) is 0 Å². The number of allylic oxidation sites excluding steroid dienone is 3. The molecule has 0 spiro atoms. The van der Waals surface area contributed by atoms with Crippen LogP contribution in [0.1, 0.15) is 265 Å². The number of alkyl halides is 3. The molecule has 0 rings (SSSR count). The van der Waals surface area contributed by atoms with Gasteiger partial charge >= 0.3 is 35.8 Å². The van der Waals surface area contributed by atoms with Gasteiger partial charge in [0.15, 0.2) is 0 Å². The van der Waals surface area contributed by atoms with Gasteiger partial charge in [-0.05, 0) is 96.3 Å². The van der Waals surface area contributed by atoms with Gasteiger partial charge in [0.2, 0.25) is 0 Å². The van der Waals surface area contributed by atoms with Gasteiger partial charge < -0.3 is 28.4 Å². The van der Waals surface area contributed by atoms with E-state index in [9.17, 15) is 28.8 Å². The molecule has 0 aliphatic rings. The molecule has 0 aromatic carbocycles. The van der Waals surface area contributed by atoms with Crippen LogP contribution in [-0.4, -0.2) is 91.6 Å². The molecule has 78 heavy (non-hydrogen) atoms. The highest BCUT2D eigenvalue weighted by Gasteiger charge is 2.28. The van der Waals surface area contributed by atoms with Crippen molar-refractivity contribution in [1.82, 2.24) is 0 Å². The number of hydrogen-bond donors (Lipinski definition) is 0. The Morgan fingerprint density at radius 1 is 0.333 bits per heavy atom. The van der Waals surface area contributed by atoms with E-state index in [0.29, 0.717) is 38.5 Å². The first-order valence-corrected chi connectivity index (χ1v) is 32.3. The van der Waals surface area contributed by atoms with Crippen LogP contribution in [0.2, 0.25) is 0 Å². The summed E-state index contributed by atoms with van der Waals surface area (Å²) in [6.07, 6.45) is 46.8. The molecule has 452 valence electrons. The highest BCUT2D eigenvalue weighted by atomic mass is 35.5. The minimum Gasteiger partial charge on any atom is -0.466 e. The van der Waals surface area contributed by atoms with Gasteiger partial charge in [0.25, 0.3) is 0 Å². The summed E-state index contributed by atoms with van der Waals surface area (Å²) in [5.41, 5.74) is 0. The molecule has 0 aromatic rings. The number of unbranched alkanes of at least 4 members (excludes halogenated alkanes) is 24. The first-order chi connectivity index (χ1) is 38.0. The highest BCUT2D eigenvalue weighted by Crippen LogP contribution is 2.19. The molecule has 3 unspecified atom stereocenters. The molecular weight excluding hydrogens is 1060 g/mol. The second kappa shape index (κ2) is 57.2. The quantitative estimate of drug-likeness (QED) is 0.0187. The summed E-state index contributed by atoms with van der Waals surface area (Å²) < 4.78 is 33.3. The van der Waals surface area contributed by atoms with Crippen molar-refractivity contribution in [2.24, 2.45) is 5.92 Å². The van der Waals surface area contributed by atoms with Gasteiger partial charge in [0.05, 0.1) is 38.6 Å². The minimum absolute atomic E-state index is 0.131. The third kappa shape index (κ3) is 49.9. The lowest BCUT2D eigenvalue weighted by molar-refractivity contribution is -0.159. The fourth-order valence-corrected chi connectivity index (χ4v) is 9.12. The molecule has 0 radical (unpaired) electrons. The zero-order chi connectivity index (χ0) is 57.4. The molecule has 0 saturated carbocycles. The molecule has 0 heterocycles. The average Bonchev–Trinajstić information content (AvgIpc) is 3.43. The number of esters is 6. The van der Waals surface area contributed by atoms with E-state index in [2.05, 4.69) is 57.2 Å². The number of ether oxygens (including phenoxy) is 6. The van der Waals surface area contributed by atoms with Gasteiger partial charge in [0.1, 0.15) is 36.0 Å². The Hall–Kier alpha value is -3.09. The molecule has 12 nitrogen and oxygen atoms in total. The molecule has 0 bridgehead atoms. The smallest absolute Gasteiger partial charge is 0.321 e. The maximum atomic E-state index is 13.3. The fourth-order valence-electron chi connectivity index (χ4n) is 8.93. The zero-order valence-electron chi connectivity index (χ0n) is 48.9. The molecule has 0 aliphatic carbocycles. The second-order valence-corrected chi connectivity index (χ2v) is 21.6. The Morgan fingerprint density at radius 2 is 0.615 bits per heavy atom. The van der Waals surface area contributed by atoms with E-state index in [4.69, 9.17) is 63.2 Å². The van der Waals surface area contributed by atoms with Crippen LogP contribution < -0.4 is 0 Å². The summed E-state index contributed by atoms with van der Waals surface area (Å²) in [6.45, 7) is 7.21. The lowest BCUT2D eigenvalue weighted by atomic mass is 10.0. The van der Waals surface area contributed by atoms with Gasteiger partial charge in [-0.15, -0.1) is 34.8 Å². The third-order valence-electron chi connectivity index (χ3n) is 13.5. The van der Waals surface area contributed by atoms with Crippen molar-refractivity contribution in [3.63, 3.8) is 0 Å². The Labute approximate surface area is 488 Å². The minimum atomic E-state index is -0.986. The summed E-state index contributed by atoms with van der Waals surface area (Å²) in [4.78, 5) is 74.6. The predicted octanol–water partition coefficient (Wildman–Crippen LogP) is 17.2. The molecule has 3 atom stereocenters. The lowest BCUT2D eigenvalue weighted by Crippen LogP contribution is -2.26. The number of carbonyl (C=O) groups is 6. The molecule has 0 N–H and O–H groups in total. The zero-order valence-corrected chi connectivity index (χ0v) is 51.2. The first kappa shape index (κ1) is 74.9. The largest absolute Gasteiger partial charge is 0.466 e. The van der Waals surface area contributed by atoms with Gasteiger partial charge in [-0.25, -0.2) is 0 Å². The van der Waals surface area contributed by atoms with E-state index in [1.807, 2.05) is 0 Å². The summed E-state index contributed by atoms with van der Waals surface area (Å²) in [5.74, 6) is -4.15. The maximum absolute atomic E-state index is 13.3. The number of halogens is 3. The molecular formula is C63H107Cl3O12. The Bertz CT molecular complexity index is 1500. The van der Waals surface area contributed by atoms with Crippen LogP contribution in [0.4, 0.5) is 0 Å². The Kier molecular flexibility index (Phi) is 54.9. The molecule has 0 saturated heterocycles. The van der Waals surface area contributed by atoms with Crippen molar-refractivity contribution in [3.8, 4) is 0 Å². The number of carbonyl (C=O) groups excluding carboxylic acids is 6. The number of hydrogen-bond acceptors (Lipinski definition) is 12. The van der Waals surface area contributed by atoms with E-state index in [0.717, 1.165) is 173 Å². The Morgan fingerprint density at radius 3 is 0.923 bits per heavy atom. The summed E-state index contributed by atoms with van der Waals surface area (Å²) in [7, 11) is 0. The topological polar surface area (TPSA) is 158 Å². The monoisotopic (exact) mass is 1160 g/mol. The van der Waals surface area contributed by atoms with Crippen molar-refractivity contribution in [3.05, 3.63) is 36.5 Å². The first-order valence-electron chi connectivity index (χ1n) is 30.7. The van der Waals surface area contributed by atoms with Crippen molar-refractivity contribution in [2.75, 3.05) is 37.5 Å². The summed E-state index contributed by atoms with van der Waals surface area (Å²) >= 11 is 17.0. The van der Waals surface area contributed by atoms with Gasteiger partial charge in [-0.1, -0.05) is 173 Å². The normalized spacial score (nSPS) is 13.2. The maximum Gasteiger partial charge on any atom is 0.321 e. The van der Waals surface area contributed by atoms with E-state index >= 15 is 0 Å². The standard InChI is InChI=1S/C63H107Cl3O12/c1-4-7-10-31-40-55(76-60(69)51-64)43-34-25-19-13-16-22-28-37-46-73-58(67)49-54(63(72)75-48-39-30-24-18-15-21-27-36-45-57(78-62(71)53-66)42-33-12-9-6-3)50-59(68)74-47-38-29-23-17-14-20-26-35-44-56(77-61(70)52-65)41-32-11-8-5-2/h25-27,34-36,54-57H,4-24,28-33,37-53H2,1-3H3. The molecule has 0 aliphatic heterocycles. The molecule has 0 amide bonds. The van der Waals surface area contributed by atoms with E-state index in [1.165, 1.54) is 19.3 Å². The van der Waals surface area contributed by atoms with Gasteiger partial charge in [-0.2, -0.15) is 0 Å². The average molecular weight is 1160 g/mol. The van der Waals surface area contributed by atoms with E-state index in [-0.39, 0.29) is 86.5 Å². The van der Waals surface area contributed by atoms with Crippen molar-refractivity contribution >= 4 is 70.6 Å². The van der Waals surface area contributed by atoms with Gasteiger partial charge in [0, 0.05) is 19.3 Å². The van der Waals surface area contributed by atoms with Gasteiger partial charge in [-0.3, -0.25) is 28.8 Å². The van der Waals surface area contributed by atoms with Crippen molar-refractivity contribution in [2.45, 2.75) is 283 Å². The molecule has 15 heteroatoms. The van der Waals surface area contributed by atoms with Crippen molar-refractivity contribution in [1.29, 1.82) is 0 Å². The van der Waals surface area contributed by atoms with E-state index in [1.54, 1.807) is 0 Å².